The number of hydrogen-bond acceptors (Lipinski definition) is 3. The minimum Gasteiger partial charge on any atom is -0.496 e. The molecule has 0 saturated carbocycles. The maximum Gasteiger partial charge on any atom is 0.154 e. The Hall–Kier alpha value is -1.35. The van der Waals surface area contributed by atoms with Gasteiger partial charge in [0.2, 0.25) is 0 Å². The monoisotopic (exact) mass is 233 g/mol. The van der Waals surface area contributed by atoms with Crippen molar-refractivity contribution in [3.8, 4) is 5.75 Å². The van der Waals surface area contributed by atoms with Gasteiger partial charge in [-0.1, -0.05) is 19.1 Å². The van der Waals surface area contributed by atoms with Crippen molar-refractivity contribution >= 4 is 5.78 Å². The highest BCUT2D eigenvalue weighted by atomic mass is 16.5. The molecule has 1 unspecified atom stereocenters. The molecular weight excluding hydrogens is 214 g/mol. The van der Waals surface area contributed by atoms with Crippen molar-refractivity contribution in [1.29, 1.82) is 0 Å². The Kier molecular flexibility index (Phi) is 3.79. The van der Waals surface area contributed by atoms with Crippen molar-refractivity contribution in [2.75, 3.05) is 20.2 Å². The van der Waals surface area contributed by atoms with Crippen LogP contribution >= 0.6 is 0 Å². The number of benzene rings is 1. The summed E-state index contributed by atoms with van der Waals surface area (Å²) in [6.45, 7) is 3.52. The Labute approximate surface area is 102 Å². The Balaban J connectivity index is 2.29. The van der Waals surface area contributed by atoms with Crippen molar-refractivity contribution < 1.29 is 9.53 Å². The Morgan fingerprint density at radius 1 is 1.47 bits per heavy atom. The quantitative estimate of drug-likeness (QED) is 0.866. The molecule has 1 N–H and O–H groups in total. The average molecular weight is 233 g/mol. The first-order valence-electron chi connectivity index (χ1n) is 6.16. The molecule has 0 aliphatic carbocycles. The number of ether oxygens (including phenoxy) is 1. The molecule has 0 radical (unpaired) electrons. The second kappa shape index (κ2) is 5.32. The summed E-state index contributed by atoms with van der Waals surface area (Å²) >= 11 is 0. The van der Waals surface area contributed by atoms with E-state index in [2.05, 4.69) is 18.3 Å². The maximum atomic E-state index is 11.9. The predicted molar refractivity (Wildman–Crippen MR) is 67.6 cm³/mol. The fourth-order valence-electron chi connectivity index (χ4n) is 2.39. The maximum absolute atomic E-state index is 11.9. The zero-order valence-electron chi connectivity index (χ0n) is 10.5. The first-order chi connectivity index (χ1) is 8.26. The lowest BCUT2D eigenvalue weighted by Crippen LogP contribution is -2.35. The molecule has 2 rings (SSSR count). The molecule has 0 spiro atoms. The molecule has 1 heterocycles. The Morgan fingerprint density at radius 2 is 2.29 bits per heavy atom. The van der Waals surface area contributed by atoms with E-state index in [4.69, 9.17) is 4.74 Å². The molecule has 1 aromatic carbocycles. The van der Waals surface area contributed by atoms with Crippen molar-refractivity contribution in [3.63, 3.8) is 0 Å². The molecule has 0 amide bonds. The van der Waals surface area contributed by atoms with Crippen molar-refractivity contribution in [2.24, 2.45) is 0 Å². The van der Waals surface area contributed by atoms with Crippen LogP contribution in [0.25, 0.3) is 0 Å². The van der Waals surface area contributed by atoms with Crippen molar-refractivity contribution in [2.45, 2.75) is 25.7 Å². The summed E-state index contributed by atoms with van der Waals surface area (Å²) in [5.41, 5.74) is 2.31. The fraction of sp³-hybridized carbons (Fsp3) is 0.500. The average Bonchev–Trinajstić information content (AvgIpc) is 2.38. The van der Waals surface area contributed by atoms with E-state index in [-0.39, 0.29) is 5.92 Å². The number of methoxy groups -OCH3 is 1. The van der Waals surface area contributed by atoms with Gasteiger partial charge in [0.1, 0.15) is 5.75 Å². The summed E-state index contributed by atoms with van der Waals surface area (Å²) in [5.74, 6) is 1.27. The van der Waals surface area contributed by atoms with E-state index in [1.165, 1.54) is 5.56 Å². The molecular formula is C14H19NO2. The van der Waals surface area contributed by atoms with Crippen LogP contribution < -0.4 is 10.1 Å². The fourth-order valence-corrected chi connectivity index (χ4v) is 2.39. The van der Waals surface area contributed by atoms with Gasteiger partial charge in [-0.05, 0) is 36.6 Å². The van der Waals surface area contributed by atoms with Crippen molar-refractivity contribution in [3.05, 3.63) is 29.3 Å². The van der Waals surface area contributed by atoms with Crippen LogP contribution in [-0.4, -0.2) is 26.0 Å². The Bertz CT molecular complexity index is 415. The van der Waals surface area contributed by atoms with Gasteiger partial charge in [0, 0.05) is 5.92 Å². The number of nitrogens with one attached hydrogen (secondary N) is 1. The molecule has 1 aliphatic heterocycles. The summed E-state index contributed by atoms with van der Waals surface area (Å²) in [4.78, 5) is 11.9. The summed E-state index contributed by atoms with van der Waals surface area (Å²) in [5, 5.41) is 3.11. The molecule has 1 fully saturated rings. The van der Waals surface area contributed by atoms with E-state index in [1.54, 1.807) is 7.11 Å². The second-order valence-corrected chi connectivity index (χ2v) is 4.41. The van der Waals surface area contributed by atoms with Gasteiger partial charge in [-0.3, -0.25) is 4.79 Å². The van der Waals surface area contributed by atoms with Gasteiger partial charge in [-0.25, -0.2) is 0 Å². The van der Waals surface area contributed by atoms with Crippen LogP contribution in [0.3, 0.4) is 0 Å². The number of piperidine rings is 1. The number of ketones is 1. The van der Waals surface area contributed by atoms with Crippen LogP contribution in [0.15, 0.2) is 18.2 Å². The van der Waals surface area contributed by atoms with E-state index in [0.717, 1.165) is 30.7 Å². The largest absolute Gasteiger partial charge is 0.496 e. The summed E-state index contributed by atoms with van der Waals surface area (Å²) in [6.07, 6.45) is 1.82. The number of rotatable bonds is 3. The molecule has 1 saturated heterocycles. The number of carbonyl (C=O) groups is 1. The van der Waals surface area contributed by atoms with Crippen LogP contribution in [0.2, 0.25) is 0 Å². The third kappa shape index (κ3) is 2.50. The molecule has 0 bridgehead atoms. The smallest absolute Gasteiger partial charge is 0.154 e. The van der Waals surface area contributed by atoms with Crippen LogP contribution in [0.4, 0.5) is 0 Å². The normalized spacial score (nSPS) is 20.4. The zero-order chi connectivity index (χ0) is 12.3. The van der Waals surface area contributed by atoms with E-state index in [0.29, 0.717) is 12.3 Å². The molecule has 1 aromatic rings. The van der Waals surface area contributed by atoms with Gasteiger partial charge in [-0.15, -0.1) is 0 Å². The number of aryl methyl sites for hydroxylation is 1. The number of carbonyl (C=O) groups excluding carboxylic acids is 1. The van der Waals surface area contributed by atoms with E-state index in [9.17, 15) is 4.79 Å². The topological polar surface area (TPSA) is 38.3 Å². The predicted octanol–water partition coefficient (Wildman–Crippen LogP) is 1.90. The highest BCUT2D eigenvalue weighted by Crippen LogP contribution is 2.28. The summed E-state index contributed by atoms with van der Waals surface area (Å²) < 4.78 is 5.31. The van der Waals surface area contributed by atoms with Gasteiger partial charge in [0.05, 0.1) is 13.7 Å². The molecule has 92 valence electrons. The van der Waals surface area contributed by atoms with E-state index < -0.39 is 0 Å². The van der Waals surface area contributed by atoms with E-state index in [1.807, 2.05) is 12.1 Å². The minimum atomic E-state index is 0.0625. The zero-order valence-corrected chi connectivity index (χ0v) is 10.5. The highest BCUT2D eigenvalue weighted by molar-refractivity contribution is 5.88. The molecule has 3 nitrogen and oxygen atoms in total. The van der Waals surface area contributed by atoms with Crippen LogP contribution in [0.1, 0.15) is 30.4 Å². The van der Waals surface area contributed by atoms with Gasteiger partial charge >= 0.3 is 0 Å². The van der Waals surface area contributed by atoms with Gasteiger partial charge in [0.15, 0.2) is 5.78 Å². The first-order valence-corrected chi connectivity index (χ1v) is 6.16. The lowest BCUT2D eigenvalue weighted by atomic mass is 9.88. The SMILES string of the molecule is CCc1cc(C2CCNCC2=O)ccc1OC. The molecule has 1 aliphatic rings. The van der Waals surface area contributed by atoms with Crippen LogP contribution in [0.5, 0.6) is 5.75 Å². The molecule has 3 heteroatoms. The summed E-state index contributed by atoms with van der Waals surface area (Å²) in [7, 11) is 1.68. The molecule has 1 atom stereocenters. The highest BCUT2D eigenvalue weighted by Gasteiger charge is 2.24. The third-order valence-electron chi connectivity index (χ3n) is 3.39. The van der Waals surface area contributed by atoms with Gasteiger partial charge in [0.25, 0.3) is 0 Å². The van der Waals surface area contributed by atoms with Crippen LogP contribution in [0, 0.1) is 0 Å². The lowest BCUT2D eigenvalue weighted by Gasteiger charge is -2.22. The Morgan fingerprint density at radius 3 is 2.94 bits per heavy atom. The minimum absolute atomic E-state index is 0.0625. The van der Waals surface area contributed by atoms with Gasteiger partial charge < -0.3 is 10.1 Å². The third-order valence-corrected chi connectivity index (χ3v) is 3.39. The lowest BCUT2D eigenvalue weighted by molar-refractivity contribution is -0.120. The van der Waals surface area contributed by atoms with E-state index >= 15 is 0 Å². The summed E-state index contributed by atoms with van der Waals surface area (Å²) in [6, 6.07) is 6.11. The molecule has 0 aromatic heterocycles. The standard InChI is InChI=1S/C14H19NO2/c1-3-10-8-11(4-5-14(10)17-2)12-6-7-15-9-13(12)16/h4-5,8,12,15H,3,6-7,9H2,1-2H3. The van der Waals surface area contributed by atoms with Crippen molar-refractivity contribution in [1.82, 2.24) is 5.32 Å². The number of hydrogen-bond donors (Lipinski definition) is 1. The number of Topliss-reactive ketones (excluding diaryl/α,β-unsaturated/α-hetero) is 1. The van der Waals surface area contributed by atoms with Gasteiger partial charge in [-0.2, -0.15) is 0 Å². The molecule has 17 heavy (non-hydrogen) atoms. The first kappa shape index (κ1) is 12.1. The second-order valence-electron chi connectivity index (χ2n) is 4.41. The van der Waals surface area contributed by atoms with Crippen LogP contribution in [-0.2, 0) is 11.2 Å².